The second-order valence-electron chi connectivity index (χ2n) is 3.86. The van der Waals surface area contributed by atoms with Crippen LogP contribution in [0.1, 0.15) is 23.7 Å². The Morgan fingerprint density at radius 1 is 1.21 bits per heavy atom. The average molecular weight is 275 g/mol. The summed E-state index contributed by atoms with van der Waals surface area (Å²) < 4.78 is 39.6. The molecule has 0 radical (unpaired) electrons. The van der Waals surface area contributed by atoms with E-state index in [1.165, 1.54) is 0 Å². The number of halogens is 3. The molecule has 7 heteroatoms. The molecule has 1 aromatic carbocycles. The summed E-state index contributed by atoms with van der Waals surface area (Å²) in [5.74, 6) is -6.27. The Bertz CT molecular complexity index is 482. The van der Waals surface area contributed by atoms with Crippen LogP contribution in [-0.4, -0.2) is 35.0 Å². The van der Waals surface area contributed by atoms with E-state index in [4.69, 9.17) is 5.11 Å². The number of nitrogens with zero attached hydrogens (tertiary/aromatic N) is 1. The molecule has 0 aliphatic carbocycles. The SMILES string of the molecule is CCCN(CC(=O)O)C(=O)c1c(F)cc(F)cc1F. The molecular weight excluding hydrogens is 263 g/mol. The first kappa shape index (κ1) is 15.0. The van der Waals surface area contributed by atoms with E-state index >= 15 is 0 Å². The maximum absolute atomic E-state index is 13.4. The standard InChI is InChI=1S/C12H12F3NO3/c1-2-3-16(6-10(17)18)12(19)11-8(14)4-7(13)5-9(11)15/h4-5H,2-3,6H2,1H3,(H,17,18). The van der Waals surface area contributed by atoms with Gasteiger partial charge in [0.05, 0.1) is 0 Å². The van der Waals surface area contributed by atoms with Crippen molar-refractivity contribution in [1.29, 1.82) is 0 Å². The van der Waals surface area contributed by atoms with Gasteiger partial charge in [0.15, 0.2) is 0 Å². The summed E-state index contributed by atoms with van der Waals surface area (Å²) in [5.41, 5.74) is -0.948. The Labute approximate surface area is 107 Å². The topological polar surface area (TPSA) is 57.6 Å². The highest BCUT2D eigenvalue weighted by molar-refractivity contribution is 5.96. The van der Waals surface area contributed by atoms with Crippen LogP contribution < -0.4 is 0 Å². The van der Waals surface area contributed by atoms with Crippen LogP contribution in [0.3, 0.4) is 0 Å². The van der Waals surface area contributed by atoms with E-state index in [1.807, 2.05) is 0 Å². The molecule has 0 spiro atoms. The zero-order valence-corrected chi connectivity index (χ0v) is 10.1. The van der Waals surface area contributed by atoms with Gasteiger partial charge in [0.1, 0.15) is 29.6 Å². The predicted octanol–water partition coefficient (Wildman–Crippen LogP) is 2.04. The molecule has 0 aliphatic heterocycles. The van der Waals surface area contributed by atoms with Crippen LogP contribution in [0.15, 0.2) is 12.1 Å². The minimum atomic E-state index is -1.35. The monoisotopic (exact) mass is 275 g/mol. The summed E-state index contributed by atoms with van der Waals surface area (Å²) in [4.78, 5) is 23.3. The summed E-state index contributed by atoms with van der Waals surface area (Å²) in [6.07, 6.45) is 0.420. The highest BCUT2D eigenvalue weighted by Crippen LogP contribution is 2.17. The number of hydrogen-bond acceptors (Lipinski definition) is 2. The van der Waals surface area contributed by atoms with Gasteiger partial charge in [-0.2, -0.15) is 0 Å². The van der Waals surface area contributed by atoms with Gasteiger partial charge in [-0.05, 0) is 6.42 Å². The quantitative estimate of drug-likeness (QED) is 0.894. The summed E-state index contributed by atoms with van der Waals surface area (Å²) >= 11 is 0. The van der Waals surface area contributed by atoms with Gasteiger partial charge in [-0.25, -0.2) is 13.2 Å². The zero-order valence-electron chi connectivity index (χ0n) is 10.1. The van der Waals surface area contributed by atoms with Crippen LogP contribution in [0, 0.1) is 17.5 Å². The lowest BCUT2D eigenvalue weighted by atomic mass is 10.1. The van der Waals surface area contributed by atoms with Gasteiger partial charge >= 0.3 is 5.97 Å². The van der Waals surface area contributed by atoms with Crippen LogP contribution in [0.25, 0.3) is 0 Å². The summed E-state index contributed by atoms with van der Waals surface area (Å²) in [7, 11) is 0. The molecule has 0 aliphatic rings. The molecular formula is C12H12F3NO3. The summed E-state index contributed by atoms with van der Waals surface area (Å²) in [5, 5.41) is 8.65. The fourth-order valence-corrected chi connectivity index (χ4v) is 1.59. The number of amides is 1. The molecule has 1 N–H and O–H groups in total. The molecule has 0 unspecified atom stereocenters. The van der Waals surface area contributed by atoms with E-state index in [0.717, 1.165) is 4.90 Å². The van der Waals surface area contributed by atoms with Crippen molar-refractivity contribution < 1.29 is 27.9 Å². The smallest absolute Gasteiger partial charge is 0.323 e. The van der Waals surface area contributed by atoms with Crippen molar-refractivity contribution in [3.63, 3.8) is 0 Å². The molecule has 0 atom stereocenters. The normalized spacial score (nSPS) is 10.3. The highest BCUT2D eigenvalue weighted by Gasteiger charge is 2.25. The third kappa shape index (κ3) is 3.70. The van der Waals surface area contributed by atoms with Gasteiger partial charge in [-0.1, -0.05) is 6.92 Å². The molecule has 0 fully saturated rings. The van der Waals surface area contributed by atoms with Crippen molar-refractivity contribution in [2.24, 2.45) is 0 Å². The van der Waals surface area contributed by atoms with Crippen LogP contribution >= 0.6 is 0 Å². The number of carbonyl (C=O) groups is 2. The summed E-state index contributed by atoms with van der Waals surface area (Å²) in [6.45, 7) is 1.03. The van der Waals surface area contributed by atoms with Gasteiger partial charge in [-0.15, -0.1) is 0 Å². The average Bonchev–Trinajstić information content (AvgIpc) is 2.26. The maximum Gasteiger partial charge on any atom is 0.323 e. The number of aliphatic carboxylic acids is 1. The van der Waals surface area contributed by atoms with Crippen molar-refractivity contribution in [3.8, 4) is 0 Å². The fraction of sp³-hybridized carbons (Fsp3) is 0.333. The van der Waals surface area contributed by atoms with E-state index in [0.29, 0.717) is 18.6 Å². The minimum absolute atomic E-state index is 0.0292. The molecule has 1 aromatic rings. The molecule has 1 amide bonds. The lowest BCUT2D eigenvalue weighted by molar-refractivity contribution is -0.137. The zero-order chi connectivity index (χ0) is 14.6. The van der Waals surface area contributed by atoms with E-state index in [1.54, 1.807) is 6.92 Å². The molecule has 104 valence electrons. The predicted molar refractivity (Wildman–Crippen MR) is 60.1 cm³/mol. The van der Waals surface area contributed by atoms with E-state index in [-0.39, 0.29) is 6.54 Å². The molecule has 0 saturated heterocycles. The number of carboxylic acid groups (broad SMARTS) is 1. The van der Waals surface area contributed by atoms with Crippen molar-refractivity contribution in [2.45, 2.75) is 13.3 Å². The van der Waals surface area contributed by atoms with Gasteiger partial charge in [0, 0.05) is 18.7 Å². The molecule has 0 saturated carbocycles. The molecule has 4 nitrogen and oxygen atoms in total. The Morgan fingerprint density at radius 2 is 1.74 bits per heavy atom. The first-order valence-corrected chi connectivity index (χ1v) is 5.52. The van der Waals surface area contributed by atoms with Gasteiger partial charge in [0.25, 0.3) is 5.91 Å². The molecule has 19 heavy (non-hydrogen) atoms. The van der Waals surface area contributed by atoms with Crippen molar-refractivity contribution in [1.82, 2.24) is 4.90 Å². The summed E-state index contributed by atoms with van der Waals surface area (Å²) in [6, 6.07) is 0.752. The van der Waals surface area contributed by atoms with E-state index < -0.39 is 41.4 Å². The molecule has 0 heterocycles. The largest absolute Gasteiger partial charge is 0.480 e. The lowest BCUT2D eigenvalue weighted by Gasteiger charge is -2.20. The van der Waals surface area contributed by atoms with Crippen LogP contribution in [0.4, 0.5) is 13.2 Å². The van der Waals surface area contributed by atoms with Crippen LogP contribution in [0.2, 0.25) is 0 Å². The maximum atomic E-state index is 13.4. The number of rotatable bonds is 5. The number of benzene rings is 1. The van der Waals surface area contributed by atoms with Crippen molar-refractivity contribution in [2.75, 3.05) is 13.1 Å². The fourth-order valence-electron chi connectivity index (χ4n) is 1.59. The van der Waals surface area contributed by atoms with E-state index in [9.17, 15) is 22.8 Å². The molecule has 0 bridgehead atoms. The van der Waals surface area contributed by atoms with Crippen LogP contribution in [-0.2, 0) is 4.79 Å². The molecule has 0 aromatic heterocycles. The Kier molecular flexibility index (Phi) is 4.91. The third-order valence-corrected chi connectivity index (χ3v) is 2.33. The first-order valence-electron chi connectivity index (χ1n) is 5.52. The van der Waals surface area contributed by atoms with Crippen molar-refractivity contribution in [3.05, 3.63) is 35.1 Å². The van der Waals surface area contributed by atoms with Gasteiger partial charge in [-0.3, -0.25) is 9.59 Å². The van der Waals surface area contributed by atoms with Gasteiger partial charge < -0.3 is 10.0 Å². The van der Waals surface area contributed by atoms with Crippen molar-refractivity contribution >= 4 is 11.9 Å². The number of hydrogen-bond donors (Lipinski definition) is 1. The van der Waals surface area contributed by atoms with Crippen LogP contribution in [0.5, 0.6) is 0 Å². The molecule has 1 rings (SSSR count). The third-order valence-electron chi connectivity index (χ3n) is 2.33. The second kappa shape index (κ2) is 6.21. The van der Waals surface area contributed by atoms with E-state index in [2.05, 4.69) is 0 Å². The Balaban J connectivity index is 3.12. The number of carboxylic acids is 1. The highest BCUT2D eigenvalue weighted by atomic mass is 19.1. The lowest BCUT2D eigenvalue weighted by Crippen LogP contribution is -2.37. The Hall–Kier alpha value is -2.05. The second-order valence-corrected chi connectivity index (χ2v) is 3.86. The van der Waals surface area contributed by atoms with Gasteiger partial charge in [0.2, 0.25) is 0 Å². The number of carbonyl (C=O) groups excluding carboxylic acids is 1. The minimum Gasteiger partial charge on any atom is -0.480 e. The Morgan fingerprint density at radius 3 is 2.16 bits per heavy atom. The first-order chi connectivity index (χ1) is 8.86.